The Bertz CT molecular complexity index is 700. The first-order valence-corrected chi connectivity index (χ1v) is 8.99. The van der Waals surface area contributed by atoms with E-state index in [4.69, 9.17) is 4.74 Å². The van der Waals surface area contributed by atoms with E-state index < -0.39 is 10.0 Å². The highest BCUT2D eigenvalue weighted by molar-refractivity contribution is 7.89. The van der Waals surface area contributed by atoms with Crippen LogP contribution in [0.3, 0.4) is 0 Å². The Morgan fingerprint density at radius 1 is 1.43 bits per heavy atom. The van der Waals surface area contributed by atoms with Gasteiger partial charge in [-0.25, -0.2) is 8.42 Å². The maximum Gasteiger partial charge on any atom is 0.247 e. The lowest BCUT2D eigenvalue weighted by Gasteiger charge is -2.22. The fourth-order valence-electron chi connectivity index (χ4n) is 2.64. The normalized spacial score (nSPS) is 15.3. The van der Waals surface area contributed by atoms with Gasteiger partial charge in [0.05, 0.1) is 7.11 Å². The summed E-state index contributed by atoms with van der Waals surface area (Å²) in [5.41, 5.74) is 0.585. The molecule has 0 saturated carbocycles. The molecule has 0 N–H and O–H groups in total. The Labute approximate surface area is 137 Å². The van der Waals surface area contributed by atoms with E-state index in [0.29, 0.717) is 25.2 Å². The Morgan fingerprint density at radius 2 is 2.17 bits per heavy atom. The predicted molar refractivity (Wildman–Crippen MR) is 89.2 cm³/mol. The number of ether oxygens (including phenoxy) is 1. The Kier molecular flexibility index (Phi) is 5.43. The molecule has 0 aromatic heterocycles. The number of sulfonamides is 1. The van der Waals surface area contributed by atoms with Gasteiger partial charge in [-0.2, -0.15) is 4.31 Å². The molecule has 0 spiro atoms. The van der Waals surface area contributed by atoms with Crippen molar-refractivity contribution in [1.29, 1.82) is 0 Å². The molecule has 23 heavy (non-hydrogen) atoms. The van der Waals surface area contributed by atoms with E-state index in [-0.39, 0.29) is 23.1 Å². The van der Waals surface area contributed by atoms with Crippen LogP contribution in [0, 0.1) is 0 Å². The minimum Gasteiger partial charge on any atom is -0.495 e. The number of likely N-dealkylation sites (N-methyl/N-ethyl adjacent to an activating group) is 1. The number of hydrogen-bond donors (Lipinski definition) is 0. The maximum absolute atomic E-state index is 12.9. The van der Waals surface area contributed by atoms with Crippen LogP contribution < -0.4 is 9.64 Å². The van der Waals surface area contributed by atoms with Crippen LogP contribution >= 0.6 is 0 Å². The first-order chi connectivity index (χ1) is 11.0. The average Bonchev–Trinajstić information content (AvgIpc) is 2.97. The Hall–Kier alpha value is -1.86. The van der Waals surface area contributed by atoms with Gasteiger partial charge in [0.25, 0.3) is 0 Å². The molecule has 1 saturated heterocycles. The van der Waals surface area contributed by atoms with E-state index in [9.17, 15) is 13.2 Å². The number of amides is 1. The predicted octanol–water partition coefficient (Wildman–Crippen LogP) is 2.02. The highest BCUT2D eigenvalue weighted by Crippen LogP contribution is 2.32. The van der Waals surface area contributed by atoms with Gasteiger partial charge < -0.3 is 9.64 Å². The molecule has 0 atom stereocenters. The van der Waals surface area contributed by atoms with Crippen LogP contribution in [0.5, 0.6) is 5.75 Å². The van der Waals surface area contributed by atoms with Gasteiger partial charge >= 0.3 is 0 Å². The van der Waals surface area contributed by atoms with Gasteiger partial charge in [-0.15, -0.1) is 6.58 Å². The highest BCUT2D eigenvalue weighted by atomic mass is 32.2. The summed E-state index contributed by atoms with van der Waals surface area (Å²) < 4.78 is 32.3. The first-order valence-electron chi connectivity index (χ1n) is 7.55. The number of methoxy groups -OCH3 is 1. The molecule has 6 nitrogen and oxygen atoms in total. The van der Waals surface area contributed by atoms with E-state index in [0.717, 1.165) is 6.42 Å². The third-order valence-corrected chi connectivity index (χ3v) is 5.80. The number of anilines is 1. The molecule has 1 aliphatic heterocycles. The molecular formula is C16H22N2O4S. The van der Waals surface area contributed by atoms with Gasteiger partial charge in [-0.3, -0.25) is 4.79 Å². The fourth-order valence-corrected chi connectivity index (χ4v) is 4.23. The van der Waals surface area contributed by atoms with Gasteiger partial charge in [-0.1, -0.05) is 13.0 Å². The van der Waals surface area contributed by atoms with Crippen LogP contribution in [0.25, 0.3) is 0 Å². The largest absolute Gasteiger partial charge is 0.495 e. The lowest BCUT2D eigenvalue weighted by molar-refractivity contribution is -0.117. The summed E-state index contributed by atoms with van der Waals surface area (Å²) in [6.45, 7) is 6.51. The number of hydrogen-bond acceptors (Lipinski definition) is 4. The molecule has 1 amide bonds. The third-order valence-electron chi connectivity index (χ3n) is 3.84. The Balaban J connectivity index is 2.50. The van der Waals surface area contributed by atoms with Gasteiger partial charge in [0.15, 0.2) is 0 Å². The van der Waals surface area contributed by atoms with Crippen molar-refractivity contribution in [3.05, 3.63) is 30.9 Å². The second-order valence-electron chi connectivity index (χ2n) is 5.23. The van der Waals surface area contributed by atoms with E-state index >= 15 is 0 Å². The quantitative estimate of drug-likeness (QED) is 0.714. The number of carbonyl (C=O) groups excluding carboxylic acids is 1. The second-order valence-corrected chi connectivity index (χ2v) is 7.13. The zero-order valence-corrected chi connectivity index (χ0v) is 14.3. The molecule has 1 fully saturated rings. The van der Waals surface area contributed by atoms with Crippen LogP contribution in [0.15, 0.2) is 35.7 Å². The molecule has 0 unspecified atom stereocenters. The van der Waals surface area contributed by atoms with Crippen LogP contribution in [-0.4, -0.2) is 45.4 Å². The minimum atomic E-state index is -3.73. The molecule has 0 radical (unpaired) electrons. The zero-order chi connectivity index (χ0) is 17.0. The van der Waals surface area contributed by atoms with E-state index in [1.165, 1.54) is 17.5 Å². The van der Waals surface area contributed by atoms with Gasteiger partial charge in [0.1, 0.15) is 10.6 Å². The van der Waals surface area contributed by atoms with Gasteiger partial charge in [0, 0.05) is 31.7 Å². The summed E-state index contributed by atoms with van der Waals surface area (Å²) in [4.78, 5) is 13.6. The summed E-state index contributed by atoms with van der Waals surface area (Å²) >= 11 is 0. The van der Waals surface area contributed by atoms with Crippen molar-refractivity contribution < 1.29 is 17.9 Å². The molecule has 1 aliphatic rings. The van der Waals surface area contributed by atoms with Crippen LogP contribution in [0.1, 0.15) is 19.8 Å². The molecule has 1 aromatic carbocycles. The van der Waals surface area contributed by atoms with Crippen molar-refractivity contribution in [1.82, 2.24) is 4.31 Å². The van der Waals surface area contributed by atoms with Crippen molar-refractivity contribution in [2.24, 2.45) is 0 Å². The topological polar surface area (TPSA) is 66.9 Å². The van der Waals surface area contributed by atoms with Crippen molar-refractivity contribution >= 4 is 21.6 Å². The summed E-state index contributed by atoms with van der Waals surface area (Å²) in [7, 11) is -2.30. The summed E-state index contributed by atoms with van der Waals surface area (Å²) in [5, 5.41) is 0. The number of nitrogens with zero attached hydrogens (tertiary/aromatic N) is 2. The average molecular weight is 338 g/mol. The number of carbonyl (C=O) groups is 1. The van der Waals surface area contributed by atoms with E-state index in [2.05, 4.69) is 6.58 Å². The van der Waals surface area contributed by atoms with E-state index in [1.54, 1.807) is 30.0 Å². The third kappa shape index (κ3) is 3.40. The van der Waals surface area contributed by atoms with Crippen molar-refractivity contribution in [2.45, 2.75) is 24.7 Å². The number of rotatable bonds is 7. The monoisotopic (exact) mass is 338 g/mol. The number of benzene rings is 1. The standard InChI is InChI=1S/C16H22N2O4S/c1-4-10-17(5-2)23(20,21)15-12-13(8-9-14(15)22-3)18-11-6-7-16(18)19/h4,8-9,12H,1,5-7,10-11H2,2-3H3. The second kappa shape index (κ2) is 7.14. The molecule has 1 aromatic rings. The molecule has 7 heteroatoms. The molecule has 1 heterocycles. The van der Waals surface area contributed by atoms with Crippen molar-refractivity contribution in [2.75, 3.05) is 31.6 Å². The zero-order valence-electron chi connectivity index (χ0n) is 13.5. The highest BCUT2D eigenvalue weighted by Gasteiger charge is 2.29. The van der Waals surface area contributed by atoms with Crippen LogP contribution in [0.2, 0.25) is 0 Å². The fraction of sp³-hybridized carbons (Fsp3) is 0.438. The lowest BCUT2D eigenvalue weighted by Crippen LogP contribution is -2.31. The molecular weight excluding hydrogens is 316 g/mol. The lowest BCUT2D eigenvalue weighted by atomic mass is 10.3. The molecule has 126 valence electrons. The molecule has 0 aliphatic carbocycles. The van der Waals surface area contributed by atoms with Gasteiger partial charge in [-0.05, 0) is 24.6 Å². The summed E-state index contributed by atoms with van der Waals surface area (Å²) in [6.07, 6.45) is 2.82. The van der Waals surface area contributed by atoms with Crippen LogP contribution in [0.4, 0.5) is 5.69 Å². The SMILES string of the molecule is C=CCN(CC)S(=O)(=O)c1cc(N2CCCC2=O)ccc1OC. The maximum atomic E-state index is 12.9. The van der Waals surface area contributed by atoms with E-state index in [1.807, 2.05) is 0 Å². The minimum absolute atomic E-state index is 0.0111. The van der Waals surface area contributed by atoms with Crippen molar-refractivity contribution in [3.63, 3.8) is 0 Å². The Morgan fingerprint density at radius 3 is 2.70 bits per heavy atom. The molecule has 2 rings (SSSR count). The summed E-state index contributed by atoms with van der Waals surface area (Å²) in [5.74, 6) is 0.278. The molecule has 0 bridgehead atoms. The van der Waals surface area contributed by atoms with Gasteiger partial charge in [0.2, 0.25) is 15.9 Å². The van der Waals surface area contributed by atoms with Crippen molar-refractivity contribution in [3.8, 4) is 5.75 Å². The summed E-state index contributed by atoms with van der Waals surface area (Å²) in [6, 6.07) is 4.82. The smallest absolute Gasteiger partial charge is 0.247 e. The van der Waals surface area contributed by atoms with Crippen LogP contribution in [-0.2, 0) is 14.8 Å². The first kappa shape index (κ1) is 17.5.